The Balaban J connectivity index is 2.36. The fourth-order valence-corrected chi connectivity index (χ4v) is 1.83. The van der Waals surface area contributed by atoms with Gasteiger partial charge in [-0.1, -0.05) is 11.6 Å². The summed E-state index contributed by atoms with van der Waals surface area (Å²) in [6.07, 6.45) is 2.34. The summed E-state index contributed by atoms with van der Waals surface area (Å²) in [6, 6.07) is 3.43. The summed E-state index contributed by atoms with van der Waals surface area (Å²) in [5, 5.41) is 10.3. The van der Waals surface area contributed by atoms with Crippen molar-refractivity contribution in [3.05, 3.63) is 28.3 Å². The molecule has 0 amide bonds. The summed E-state index contributed by atoms with van der Waals surface area (Å²) in [5.41, 5.74) is 7.81. The first kappa shape index (κ1) is 9.81. The molecule has 1 aliphatic rings. The number of benzene rings is 1. The van der Waals surface area contributed by atoms with Gasteiger partial charge in [0.1, 0.15) is 5.75 Å². The van der Waals surface area contributed by atoms with Crippen LogP contribution >= 0.6 is 11.6 Å². The van der Waals surface area contributed by atoms with Crippen molar-refractivity contribution in [1.82, 2.24) is 0 Å². The van der Waals surface area contributed by atoms with Crippen molar-refractivity contribution in [2.45, 2.75) is 25.8 Å². The molecular formula is C11H14ClNO. The van der Waals surface area contributed by atoms with Gasteiger partial charge in [-0.3, -0.25) is 0 Å². The lowest BCUT2D eigenvalue weighted by Crippen LogP contribution is -2.12. The molecule has 1 saturated carbocycles. The van der Waals surface area contributed by atoms with E-state index in [9.17, 15) is 5.11 Å². The molecule has 1 aromatic carbocycles. The number of aromatic hydroxyl groups is 1. The van der Waals surface area contributed by atoms with E-state index in [1.165, 1.54) is 12.8 Å². The maximum absolute atomic E-state index is 9.70. The zero-order valence-corrected chi connectivity index (χ0v) is 8.88. The lowest BCUT2D eigenvalue weighted by atomic mass is 10.0. The molecule has 1 aliphatic carbocycles. The summed E-state index contributed by atoms with van der Waals surface area (Å²) in [5.74, 6) is 0.765. The molecule has 0 spiro atoms. The highest BCUT2D eigenvalue weighted by Crippen LogP contribution is 2.42. The molecule has 76 valence electrons. The summed E-state index contributed by atoms with van der Waals surface area (Å²) in [6.45, 7) is 1.92. The number of nitrogens with two attached hydrogens (primary N) is 1. The zero-order valence-electron chi connectivity index (χ0n) is 8.13. The molecule has 3 N–H and O–H groups in total. The van der Waals surface area contributed by atoms with Crippen LogP contribution in [-0.4, -0.2) is 5.11 Å². The quantitative estimate of drug-likeness (QED) is 0.790. The van der Waals surface area contributed by atoms with Crippen molar-refractivity contribution in [1.29, 1.82) is 0 Å². The molecule has 3 heteroatoms. The molecule has 2 rings (SSSR count). The highest BCUT2D eigenvalue weighted by Gasteiger charge is 2.31. The SMILES string of the molecule is Cc1cc(C(N)C2CC2)c(O)cc1Cl. The second kappa shape index (κ2) is 3.44. The smallest absolute Gasteiger partial charge is 0.121 e. The Labute approximate surface area is 88.7 Å². The highest BCUT2D eigenvalue weighted by molar-refractivity contribution is 6.31. The first-order chi connectivity index (χ1) is 6.59. The molecule has 0 radical (unpaired) electrons. The summed E-state index contributed by atoms with van der Waals surface area (Å²) >= 11 is 5.88. The zero-order chi connectivity index (χ0) is 10.3. The van der Waals surface area contributed by atoms with Crippen molar-refractivity contribution in [3.63, 3.8) is 0 Å². The van der Waals surface area contributed by atoms with Crippen LogP contribution < -0.4 is 5.73 Å². The number of phenolic OH excluding ortho intramolecular Hbond substituents is 1. The van der Waals surface area contributed by atoms with Crippen molar-refractivity contribution in [2.75, 3.05) is 0 Å². The van der Waals surface area contributed by atoms with Gasteiger partial charge in [0.15, 0.2) is 0 Å². The van der Waals surface area contributed by atoms with Crippen molar-refractivity contribution in [3.8, 4) is 5.75 Å². The first-order valence-corrected chi connectivity index (χ1v) is 5.22. The van der Waals surface area contributed by atoms with Crippen LogP contribution in [0.4, 0.5) is 0 Å². The molecular weight excluding hydrogens is 198 g/mol. The lowest BCUT2D eigenvalue weighted by molar-refractivity contribution is 0.456. The van der Waals surface area contributed by atoms with Gasteiger partial charge >= 0.3 is 0 Å². The van der Waals surface area contributed by atoms with Crippen LogP contribution in [-0.2, 0) is 0 Å². The molecule has 0 bridgehead atoms. The predicted octanol–water partition coefficient (Wildman–Crippen LogP) is 2.76. The fourth-order valence-electron chi connectivity index (χ4n) is 1.67. The second-order valence-electron chi connectivity index (χ2n) is 4.02. The van der Waals surface area contributed by atoms with Crippen LogP contribution in [0.2, 0.25) is 5.02 Å². The first-order valence-electron chi connectivity index (χ1n) is 4.84. The largest absolute Gasteiger partial charge is 0.508 e. The minimum absolute atomic E-state index is 0.0361. The molecule has 0 aromatic heterocycles. The molecule has 1 unspecified atom stereocenters. The summed E-state index contributed by atoms with van der Waals surface area (Å²) < 4.78 is 0. The lowest BCUT2D eigenvalue weighted by Gasteiger charge is -2.14. The van der Waals surface area contributed by atoms with Crippen LogP contribution in [0, 0.1) is 12.8 Å². The molecule has 0 aliphatic heterocycles. The predicted molar refractivity (Wildman–Crippen MR) is 57.5 cm³/mol. The van der Waals surface area contributed by atoms with Gasteiger partial charge < -0.3 is 10.8 Å². The Kier molecular flexibility index (Phi) is 2.41. The third kappa shape index (κ3) is 1.72. The Morgan fingerprint density at radius 3 is 2.71 bits per heavy atom. The minimum atomic E-state index is -0.0361. The number of rotatable bonds is 2. The molecule has 1 aromatic rings. The van der Waals surface area contributed by atoms with E-state index >= 15 is 0 Å². The van der Waals surface area contributed by atoms with E-state index in [4.69, 9.17) is 17.3 Å². The van der Waals surface area contributed by atoms with Gasteiger partial charge in [-0.2, -0.15) is 0 Å². The summed E-state index contributed by atoms with van der Waals surface area (Å²) in [7, 11) is 0. The Hall–Kier alpha value is -0.730. The van der Waals surface area contributed by atoms with Crippen molar-refractivity contribution >= 4 is 11.6 Å². The van der Waals surface area contributed by atoms with Crippen LogP contribution in [0.25, 0.3) is 0 Å². The van der Waals surface area contributed by atoms with Crippen molar-refractivity contribution < 1.29 is 5.11 Å². The van der Waals surface area contributed by atoms with Gasteiger partial charge in [0.2, 0.25) is 0 Å². The molecule has 0 heterocycles. The van der Waals surface area contributed by atoms with E-state index in [1.807, 2.05) is 13.0 Å². The van der Waals surface area contributed by atoms with E-state index < -0.39 is 0 Å². The van der Waals surface area contributed by atoms with Gasteiger partial charge in [-0.25, -0.2) is 0 Å². The number of hydrogen-bond donors (Lipinski definition) is 2. The van der Waals surface area contributed by atoms with Gasteiger partial charge in [-0.15, -0.1) is 0 Å². The third-order valence-corrected chi connectivity index (χ3v) is 3.20. The number of phenols is 1. The number of hydrogen-bond acceptors (Lipinski definition) is 2. The Morgan fingerprint density at radius 1 is 1.50 bits per heavy atom. The van der Waals surface area contributed by atoms with E-state index in [0.29, 0.717) is 10.9 Å². The van der Waals surface area contributed by atoms with Crippen LogP contribution in [0.3, 0.4) is 0 Å². The minimum Gasteiger partial charge on any atom is -0.508 e. The topological polar surface area (TPSA) is 46.2 Å². The van der Waals surface area contributed by atoms with Gasteiger partial charge in [0.05, 0.1) is 0 Å². The van der Waals surface area contributed by atoms with Crippen molar-refractivity contribution in [2.24, 2.45) is 11.7 Å². The van der Waals surface area contributed by atoms with Crippen LogP contribution in [0.15, 0.2) is 12.1 Å². The molecule has 2 nitrogen and oxygen atoms in total. The average Bonchev–Trinajstić information content (AvgIpc) is 2.93. The maximum Gasteiger partial charge on any atom is 0.121 e. The third-order valence-electron chi connectivity index (χ3n) is 2.80. The number of aryl methyl sites for hydroxylation is 1. The maximum atomic E-state index is 9.70. The van der Waals surface area contributed by atoms with E-state index in [-0.39, 0.29) is 11.8 Å². The van der Waals surface area contributed by atoms with E-state index in [1.54, 1.807) is 6.07 Å². The van der Waals surface area contributed by atoms with Crippen LogP contribution in [0.5, 0.6) is 5.75 Å². The van der Waals surface area contributed by atoms with E-state index in [2.05, 4.69) is 0 Å². The average molecular weight is 212 g/mol. The normalized spacial score (nSPS) is 18.2. The fraction of sp³-hybridized carbons (Fsp3) is 0.455. The molecule has 1 atom stereocenters. The molecule has 1 fully saturated rings. The van der Waals surface area contributed by atoms with E-state index in [0.717, 1.165) is 11.1 Å². The highest BCUT2D eigenvalue weighted by atomic mass is 35.5. The standard InChI is InChI=1S/C11H14ClNO/c1-6-4-8(10(14)5-9(6)12)11(13)7-2-3-7/h4-5,7,11,14H,2-3,13H2,1H3. The Bertz CT molecular complexity index is 361. The number of halogens is 1. The van der Waals surface area contributed by atoms with Gasteiger partial charge in [-0.05, 0) is 43.4 Å². The second-order valence-corrected chi connectivity index (χ2v) is 4.43. The van der Waals surface area contributed by atoms with Gasteiger partial charge in [0, 0.05) is 16.6 Å². The Morgan fingerprint density at radius 2 is 2.14 bits per heavy atom. The molecule has 14 heavy (non-hydrogen) atoms. The summed E-state index contributed by atoms with van der Waals surface area (Å²) in [4.78, 5) is 0. The van der Waals surface area contributed by atoms with Crippen LogP contribution in [0.1, 0.15) is 30.0 Å². The monoisotopic (exact) mass is 211 g/mol. The van der Waals surface area contributed by atoms with Gasteiger partial charge in [0.25, 0.3) is 0 Å². The molecule has 0 saturated heterocycles.